The molecule has 2 N–H and O–H groups in total. The molecule has 0 heterocycles. The monoisotopic (exact) mass is 200 g/mol. The van der Waals surface area contributed by atoms with Crippen molar-refractivity contribution in [1.82, 2.24) is 0 Å². The van der Waals surface area contributed by atoms with Gasteiger partial charge in [-0.05, 0) is 6.42 Å². The number of nitrogens with two attached hydrogens (primary N) is 1. The van der Waals surface area contributed by atoms with Crippen LogP contribution in [0.3, 0.4) is 0 Å². The van der Waals surface area contributed by atoms with Gasteiger partial charge >= 0.3 is 0 Å². The van der Waals surface area contributed by atoms with Gasteiger partial charge in [0.25, 0.3) is 0 Å². The van der Waals surface area contributed by atoms with Gasteiger partial charge in [0.15, 0.2) is 0 Å². The van der Waals surface area contributed by atoms with E-state index in [1.165, 1.54) is 25.7 Å². The summed E-state index contributed by atoms with van der Waals surface area (Å²) in [5.74, 6) is 1.09. The summed E-state index contributed by atoms with van der Waals surface area (Å²) < 4.78 is 0.580. The third-order valence-electron chi connectivity index (χ3n) is 1.24. The van der Waals surface area contributed by atoms with Crippen LogP contribution in [0.5, 0.6) is 0 Å². The van der Waals surface area contributed by atoms with Gasteiger partial charge in [0.2, 0.25) is 0 Å². The Kier molecular flexibility index (Phi) is 15.1. The molecule has 0 aliphatic heterocycles. The molecule has 0 aromatic carbocycles. The fourth-order valence-corrected chi connectivity index (χ4v) is 1.50. The Hall–Kier alpha value is 1.24. The van der Waals surface area contributed by atoms with Gasteiger partial charge in [0.05, 0.1) is 0 Å². The second-order valence-electron chi connectivity index (χ2n) is 2.23. The fourth-order valence-electron chi connectivity index (χ4n) is 0.702. The number of hydrogen-bond acceptors (Lipinski definition) is 2. The minimum absolute atomic E-state index is 0. The average Bonchev–Trinajstić information content (AvgIpc) is 1.87. The molecule has 1 nitrogen and oxygen atoms in total. The first-order valence-corrected chi connectivity index (χ1v) is 5.09. The molecule has 0 rings (SSSR count). The van der Waals surface area contributed by atoms with Crippen molar-refractivity contribution in [2.75, 3.05) is 5.75 Å². The summed E-state index contributed by atoms with van der Waals surface area (Å²) in [6.07, 6.45) is 5.18. The molecular formula is C7H15NNaS2. The summed E-state index contributed by atoms with van der Waals surface area (Å²) in [6, 6.07) is 0. The van der Waals surface area contributed by atoms with Crippen molar-refractivity contribution in [2.45, 2.75) is 32.6 Å². The van der Waals surface area contributed by atoms with E-state index in [4.69, 9.17) is 18.0 Å². The van der Waals surface area contributed by atoms with Crippen molar-refractivity contribution in [3.05, 3.63) is 0 Å². The number of hydrogen-bond donors (Lipinski definition) is 1. The predicted octanol–water partition coefficient (Wildman–Crippen LogP) is 2.16. The Morgan fingerprint density at radius 2 is 2.00 bits per heavy atom. The standard InChI is InChI=1S/C7H15NS2.Na/c1-2-3-4-5-6-10-7(8)9;/h2-6H2,1H3,(H2,8,9);. The van der Waals surface area contributed by atoms with E-state index in [1.807, 2.05) is 0 Å². The maximum absolute atomic E-state index is 5.30. The Labute approximate surface area is 101 Å². The van der Waals surface area contributed by atoms with Crippen LogP contribution in [0.2, 0.25) is 0 Å². The molecule has 0 saturated carbocycles. The van der Waals surface area contributed by atoms with Gasteiger partial charge in [-0.3, -0.25) is 0 Å². The Balaban J connectivity index is 0. The summed E-state index contributed by atoms with van der Waals surface area (Å²) >= 11 is 6.31. The molecular weight excluding hydrogens is 185 g/mol. The predicted molar refractivity (Wildman–Crippen MR) is 59.1 cm³/mol. The van der Waals surface area contributed by atoms with Gasteiger partial charge in [-0.1, -0.05) is 50.2 Å². The van der Waals surface area contributed by atoms with Crippen molar-refractivity contribution >= 4 is 57.9 Å². The summed E-state index contributed by atoms with van der Waals surface area (Å²) in [7, 11) is 0. The third kappa shape index (κ3) is 14.1. The molecule has 0 saturated heterocycles. The number of thiocarbonyl (C=S) groups is 1. The molecule has 61 valence electrons. The maximum atomic E-state index is 5.30. The van der Waals surface area contributed by atoms with E-state index in [0.717, 1.165) is 5.75 Å². The van der Waals surface area contributed by atoms with E-state index in [1.54, 1.807) is 11.8 Å². The molecule has 0 aromatic heterocycles. The molecule has 0 atom stereocenters. The van der Waals surface area contributed by atoms with Gasteiger partial charge in [-0.2, -0.15) is 0 Å². The minimum Gasteiger partial charge on any atom is -0.385 e. The molecule has 0 amide bonds. The minimum atomic E-state index is 0. The smallest absolute Gasteiger partial charge is 0.131 e. The van der Waals surface area contributed by atoms with E-state index in [9.17, 15) is 0 Å². The normalized spacial score (nSPS) is 8.82. The van der Waals surface area contributed by atoms with Crippen LogP contribution in [-0.2, 0) is 0 Å². The summed E-state index contributed by atoms with van der Waals surface area (Å²) in [5.41, 5.74) is 5.30. The van der Waals surface area contributed by atoms with Crippen molar-refractivity contribution in [3.63, 3.8) is 0 Å². The summed E-state index contributed by atoms with van der Waals surface area (Å²) in [4.78, 5) is 0. The van der Waals surface area contributed by atoms with Gasteiger partial charge in [0.1, 0.15) is 4.32 Å². The summed E-state index contributed by atoms with van der Waals surface area (Å²) in [6.45, 7) is 2.21. The first-order chi connectivity index (χ1) is 4.77. The Morgan fingerprint density at radius 3 is 2.45 bits per heavy atom. The van der Waals surface area contributed by atoms with Gasteiger partial charge in [0, 0.05) is 35.3 Å². The molecule has 0 bridgehead atoms. The molecule has 0 unspecified atom stereocenters. The van der Waals surface area contributed by atoms with E-state index >= 15 is 0 Å². The zero-order valence-corrected chi connectivity index (χ0v) is 11.1. The zero-order valence-electron chi connectivity index (χ0n) is 7.43. The van der Waals surface area contributed by atoms with Crippen LogP contribution in [0.1, 0.15) is 32.6 Å². The number of rotatable bonds is 5. The second-order valence-corrected chi connectivity index (χ2v) is 4.06. The molecule has 0 aliphatic carbocycles. The van der Waals surface area contributed by atoms with Crippen LogP contribution >= 0.6 is 24.0 Å². The quantitative estimate of drug-likeness (QED) is 0.418. The molecule has 0 fully saturated rings. The topological polar surface area (TPSA) is 26.0 Å². The van der Waals surface area contributed by atoms with E-state index < -0.39 is 0 Å². The first kappa shape index (κ1) is 14.7. The van der Waals surface area contributed by atoms with Crippen LogP contribution in [0.15, 0.2) is 0 Å². The van der Waals surface area contributed by atoms with Gasteiger partial charge in [-0.15, -0.1) is 0 Å². The Bertz CT molecular complexity index is 98.4. The van der Waals surface area contributed by atoms with E-state index in [2.05, 4.69) is 6.92 Å². The molecule has 11 heavy (non-hydrogen) atoms. The van der Waals surface area contributed by atoms with Crippen molar-refractivity contribution < 1.29 is 0 Å². The van der Waals surface area contributed by atoms with Crippen molar-refractivity contribution in [2.24, 2.45) is 5.73 Å². The Morgan fingerprint density at radius 1 is 1.36 bits per heavy atom. The number of unbranched alkanes of at least 4 members (excludes halogenated alkanes) is 3. The van der Waals surface area contributed by atoms with E-state index in [-0.39, 0.29) is 29.6 Å². The van der Waals surface area contributed by atoms with Crippen LogP contribution < -0.4 is 5.73 Å². The van der Waals surface area contributed by atoms with Crippen LogP contribution in [0.25, 0.3) is 0 Å². The van der Waals surface area contributed by atoms with Gasteiger partial charge in [-0.25, -0.2) is 0 Å². The van der Waals surface area contributed by atoms with E-state index in [0.29, 0.717) is 4.32 Å². The fraction of sp³-hybridized carbons (Fsp3) is 0.857. The SMILES string of the molecule is CCCCCCSC(N)=S.[Na]. The van der Waals surface area contributed by atoms with Crippen molar-refractivity contribution in [3.8, 4) is 0 Å². The number of thioether (sulfide) groups is 1. The second kappa shape index (κ2) is 11.2. The van der Waals surface area contributed by atoms with Crippen molar-refractivity contribution in [1.29, 1.82) is 0 Å². The first-order valence-electron chi connectivity index (χ1n) is 3.69. The van der Waals surface area contributed by atoms with Gasteiger partial charge < -0.3 is 5.73 Å². The van der Waals surface area contributed by atoms with Crippen LogP contribution in [0, 0.1) is 0 Å². The molecule has 0 aromatic rings. The summed E-state index contributed by atoms with van der Waals surface area (Å²) in [5, 5.41) is 0. The molecule has 0 spiro atoms. The molecule has 0 aliphatic rings. The molecule has 4 heteroatoms. The average molecular weight is 200 g/mol. The maximum Gasteiger partial charge on any atom is 0.131 e. The van der Waals surface area contributed by atoms with Crippen LogP contribution in [-0.4, -0.2) is 39.6 Å². The third-order valence-corrected chi connectivity index (χ3v) is 2.37. The molecule has 1 radical (unpaired) electrons. The van der Waals surface area contributed by atoms with Crippen LogP contribution in [0.4, 0.5) is 0 Å². The zero-order chi connectivity index (χ0) is 7.82. The largest absolute Gasteiger partial charge is 0.385 e.